The first-order valence-electron chi connectivity index (χ1n) is 9.98. The van der Waals surface area contributed by atoms with Crippen LogP contribution in [0.5, 0.6) is 11.6 Å². The van der Waals surface area contributed by atoms with Crippen LogP contribution in [0, 0.1) is 0 Å². The average molecular weight is 417 g/mol. The summed E-state index contributed by atoms with van der Waals surface area (Å²) >= 11 is 1.62. The van der Waals surface area contributed by atoms with E-state index in [0.717, 1.165) is 39.6 Å². The van der Waals surface area contributed by atoms with Crippen molar-refractivity contribution in [3.05, 3.63) is 66.6 Å². The van der Waals surface area contributed by atoms with Crippen molar-refractivity contribution in [2.45, 2.75) is 31.6 Å². The molecule has 0 unspecified atom stereocenters. The number of anilines is 2. The fourth-order valence-corrected chi connectivity index (χ4v) is 4.61. The Bertz CT molecular complexity index is 1160. The molecule has 6 nitrogen and oxygen atoms in total. The van der Waals surface area contributed by atoms with Gasteiger partial charge in [-0.3, -0.25) is 9.78 Å². The number of rotatable bonds is 5. The number of hydrogen-bond donors (Lipinski definition) is 1. The number of benzene rings is 2. The van der Waals surface area contributed by atoms with Crippen LogP contribution in [0.1, 0.15) is 37.3 Å². The number of nitrogens with zero attached hydrogens (tertiary/aromatic N) is 3. The molecule has 2 aromatic heterocycles. The average Bonchev–Trinajstić information content (AvgIpc) is 3.18. The first kappa shape index (κ1) is 18.7. The van der Waals surface area contributed by atoms with Crippen molar-refractivity contribution < 1.29 is 9.53 Å². The number of para-hydroxylation sites is 1. The minimum atomic E-state index is 0.0786. The lowest BCUT2D eigenvalue weighted by atomic mass is 9.86. The van der Waals surface area contributed by atoms with E-state index in [0.29, 0.717) is 24.5 Å². The Balaban J connectivity index is 1.31. The van der Waals surface area contributed by atoms with Crippen molar-refractivity contribution in [2.75, 3.05) is 5.32 Å². The number of carbonyl (C=O) groups is 1. The van der Waals surface area contributed by atoms with E-state index >= 15 is 0 Å². The predicted octanol–water partition coefficient (Wildman–Crippen LogP) is 5.85. The lowest BCUT2D eigenvalue weighted by Gasteiger charge is -2.21. The molecule has 0 radical (unpaired) electrons. The van der Waals surface area contributed by atoms with Gasteiger partial charge in [0.05, 0.1) is 10.2 Å². The summed E-state index contributed by atoms with van der Waals surface area (Å²) in [5.74, 6) is 1.51. The Morgan fingerprint density at radius 3 is 2.70 bits per heavy atom. The Kier molecular flexibility index (Phi) is 5.11. The number of nitrogens with one attached hydrogen (secondary N) is 1. The van der Waals surface area contributed by atoms with Gasteiger partial charge in [-0.15, -0.1) is 0 Å². The number of Topliss-reactive ketones (excluding diaryl/α,β-unsaturated/α-hetero) is 1. The molecule has 2 heterocycles. The van der Waals surface area contributed by atoms with Crippen molar-refractivity contribution in [2.24, 2.45) is 0 Å². The Morgan fingerprint density at radius 2 is 1.87 bits per heavy atom. The van der Waals surface area contributed by atoms with Gasteiger partial charge in [0.1, 0.15) is 17.2 Å². The molecule has 1 aliphatic carbocycles. The third kappa shape index (κ3) is 4.02. The second kappa shape index (κ2) is 8.20. The smallest absolute Gasteiger partial charge is 0.241 e. The summed E-state index contributed by atoms with van der Waals surface area (Å²) in [4.78, 5) is 25.3. The van der Waals surface area contributed by atoms with Crippen LogP contribution in [-0.2, 0) is 4.79 Å². The number of thiazole rings is 1. The zero-order chi connectivity index (χ0) is 20.3. The highest BCUT2D eigenvalue weighted by atomic mass is 32.1. The van der Waals surface area contributed by atoms with Gasteiger partial charge >= 0.3 is 0 Å². The summed E-state index contributed by atoms with van der Waals surface area (Å²) in [6, 6.07) is 15.7. The summed E-state index contributed by atoms with van der Waals surface area (Å²) in [5, 5.41) is 4.19. The third-order valence-electron chi connectivity index (χ3n) is 5.17. The van der Waals surface area contributed by atoms with Gasteiger partial charge in [0.25, 0.3) is 0 Å². The van der Waals surface area contributed by atoms with Gasteiger partial charge in [-0.05, 0) is 49.2 Å². The number of aromatic nitrogens is 3. The molecule has 1 atom stereocenters. The van der Waals surface area contributed by atoms with Gasteiger partial charge in [0.15, 0.2) is 5.13 Å². The molecular formula is C23H20N4O2S. The minimum absolute atomic E-state index is 0.0786. The van der Waals surface area contributed by atoms with Crippen molar-refractivity contribution in [1.82, 2.24) is 15.0 Å². The molecule has 150 valence electrons. The number of ether oxygens (including phenoxy) is 1. The van der Waals surface area contributed by atoms with Gasteiger partial charge in [-0.2, -0.15) is 0 Å². The SMILES string of the molecule is O=C1CCC[C@@H](c2nccnc2Oc2ccc(Nc3nc4ccccc4s3)cc2)C1. The van der Waals surface area contributed by atoms with E-state index in [1.54, 1.807) is 23.7 Å². The van der Waals surface area contributed by atoms with E-state index in [-0.39, 0.29) is 11.7 Å². The summed E-state index contributed by atoms with van der Waals surface area (Å²) in [7, 11) is 0. The molecule has 0 spiro atoms. The molecule has 30 heavy (non-hydrogen) atoms. The van der Waals surface area contributed by atoms with Crippen LogP contribution in [0.3, 0.4) is 0 Å². The second-order valence-electron chi connectivity index (χ2n) is 7.32. The number of carbonyl (C=O) groups excluding carboxylic acids is 1. The highest BCUT2D eigenvalue weighted by Gasteiger charge is 2.25. The first-order valence-corrected chi connectivity index (χ1v) is 10.8. The van der Waals surface area contributed by atoms with Crippen LogP contribution in [0.25, 0.3) is 10.2 Å². The van der Waals surface area contributed by atoms with Crippen molar-refractivity contribution in [1.29, 1.82) is 0 Å². The van der Waals surface area contributed by atoms with Gasteiger partial charge < -0.3 is 10.1 Å². The zero-order valence-electron chi connectivity index (χ0n) is 16.2. The maximum atomic E-state index is 11.9. The van der Waals surface area contributed by atoms with E-state index in [4.69, 9.17) is 4.74 Å². The zero-order valence-corrected chi connectivity index (χ0v) is 17.1. The van der Waals surface area contributed by atoms with E-state index in [9.17, 15) is 4.79 Å². The summed E-state index contributed by atoms with van der Waals surface area (Å²) in [6.45, 7) is 0. The molecule has 4 aromatic rings. The number of ketones is 1. The van der Waals surface area contributed by atoms with Crippen LogP contribution in [-0.4, -0.2) is 20.7 Å². The Hall–Kier alpha value is -3.32. The lowest BCUT2D eigenvalue weighted by molar-refractivity contribution is -0.120. The van der Waals surface area contributed by atoms with Crippen molar-refractivity contribution in [3.63, 3.8) is 0 Å². The van der Waals surface area contributed by atoms with Crippen LogP contribution in [0.2, 0.25) is 0 Å². The largest absolute Gasteiger partial charge is 0.437 e. The topological polar surface area (TPSA) is 77.0 Å². The molecule has 1 aliphatic rings. The van der Waals surface area contributed by atoms with Crippen molar-refractivity contribution in [3.8, 4) is 11.6 Å². The van der Waals surface area contributed by atoms with Crippen LogP contribution in [0.15, 0.2) is 60.9 Å². The Labute approximate surface area is 178 Å². The normalized spacial score (nSPS) is 16.5. The monoisotopic (exact) mass is 416 g/mol. The van der Waals surface area contributed by atoms with E-state index in [1.807, 2.05) is 42.5 Å². The van der Waals surface area contributed by atoms with Gasteiger partial charge in [-0.25, -0.2) is 9.97 Å². The van der Waals surface area contributed by atoms with Crippen LogP contribution >= 0.6 is 11.3 Å². The predicted molar refractivity (Wildman–Crippen MR) is 118 cm³/mol. The van der Waals surface area contributed by atoms with Gasteiger partial charge in [0, 0.05) is 36.8 Å². The Morgan fingerprint density at radius 1 is 1.03 bits per heavy atom. The lowest BCUT2D eigenvalue weighted by Crippen LogP contribution is -2.15. The van der Waals surface area contributed by atoms with Gasteiger partial charge in [0.2, 0.25) is 5.88 Å². The molecule has 0 saturated heterocycles. The maximum Gasteiger partial charge on any atom is 0.241 e. The highest BCUT2D eigenvalue weighted by molar-refractivity contribution is 7.22. The summed E-state index contributed by atoms with van der Waals surface area (Å²) < 4.78 is 7.17. The molecule has 1 fully saturated rings. The van der Waals surface area contributed by atoms with E-state index in [2.05, 4.69) is 26.3 Å². The molecule has 1 saturated carbocycles. The molecular weight excluding hydrogens is 396 g/mol. The van der Waals surface area contributed by atoms with Gasteiger partial charge in [-0.1, -0.05) is 23.5 Å². The first-order chi connectivity index (χ1) is 14.7. The number of fused-ring (bicyclic) bond motifs is 1. The van der Waals surface area contributed by atoms with Crippen LogP contribution in [0.4, 0.5) is 10.8 Å². The molecule has 0 aliphatic heterocycles. The molecule has 0 bridgehead atoms. The standard InChI is InChI=1S/C23H20N4O2S/c28-17-5-3-4-15(14-17)21-22(25-13-12-24-21)29-18-10-8-16(9-11-18)26-23-27-19-6-1-2-7-20(19)30-23/h1-2,6-13,15H,3-5,14H2,(H,26,27)/t15-/m1/s1. The van der Waals surface area contributed by atoms with E-state index < -0.39 is 0 Å². The fourth-order valence-electron chi connectivity index (χ4n) is 3.72. The minimum Gasteiger partial charge on any atom is -0.437 e. The summed E-state index contributed by atoms with van der Waals surface area (Å²) in [5.41, 5.74) is 2.68. The molecule has 1 N–H and O–H groups in total. The highest BCUT2D eigenvalue weighted by Crippen LogP contribution is 2.35. The summed E-state index contributed by atoms with van der Waals surface area (Å²) in [6.07, 6.45) is 6.28. The molecule has 7 heteroatoms. The van der Waals surface area contributed by atoms with E-state index in [1.165, 1.54) is 0 Å². The second-order valence-corrected chi connectivity index (χ2v) is 8.35. The fraction of sp³-hybridized carbons (Fsp3) is 0.217. The molecule has 5 rings (SSSR count). The van der Waals surface area contributed by atoms with Crippen molar-refractivity contribution >= 4 is 38.2 Å². The molecule has 2 aromatic carbocycles. The van der Waals surface area contributed by atoms with Crippen LogP contribution < -0.4 is 10.1 Å². The number of hydrogen-bond acceptors (Lipinski definition) is 7. The third-order valence-corrected chi connectivity index (χ3v) is 6.13. The quantitative estimate of drug-likeness (QED) is 0.440. The molecule has 0 amide bonds. The maximum absolute atomic E-state index is 11.9.